The molecule has 3 rings (SSSR count). The van der Waals surface area contributed by atoms with E-state index < -0.39 is 6.10 Å². The van der Waals surface area contributed by atoms with Crippen molar-refractivity contribution in [2.24, 2.45) is 0 Å². The van der Waals surface area contributed by atoms with E-state index in [0.29, 0.717) is 6.54 Å². The molecule has 0 bridgehead atoms. The van der Waals surface area contributed by atoms with Gasteiger partial charge in [-0.3, -0.25) is 4.79 Å². The van der Waals surface area contributed by atoms with Crippen molar-refractivity contribution in [3.63, 3.8) is 0 Å². The molecule has 1 amide bonds. The summed E-state index contributed by atoms with van der Waals surface area (Å²) in [4.78, 5) is 12.4. The van der Waals surface area contributed by atoms with Crippen LogP contribution in [-0.4, -0.2) is 12.0 Å². The van der Waals surface area contributed by atoms with Crippen molar-refractivity contribution >= 4 is 5.91 Å². The molecule has 1 aliphatic rings. The molecule has 0 unspecified atom stereocenters. The number of carbonyl (C=O) groups excluding carboxylic acids is 1. The van der Waals surface area contributed by atoms with Crippen LogP contribution in [0, 0.1) is 6.92 Å². The third kappa shape index (κ3) is 3.78. The number of carbonyl (C=O) groups is 1. The summed E-state index contributed by atoms with van der Waals surface area (Å²) < 4.78 is 5.98. The number of rotatable bonds is 5. The molecule has 2 aromatic carbocycles. The Morgan fingerprint density at radius 3 is 2.75 bits per heavy atom. The minimum atomic E-state index is -0.498. The average molecular weight is 323 g/mol. The fraction of sp³-hybridized carbons (Fsp3) is 0.381. The van der Waals surface area contributed by atoms with Crippen LogP contribution in [0.25, 0.3) is 0 Å². The van der Waals surface area contributed by atoms with Crippen LogP contribution < -0.4 is 10.1 Å². The second-order valence-electron chi connectivity index (χ2n) is 6.51. The summed E-state index contributed by atoms with van der Waals surface area (Å²) in [5, 5.41) is 2.98. The molecule has 2 aromatic rings. The summed E-state index contributed by atoms with van der Waals surface area (Å²) >= 11 is 0. The van der Waals surface area contributed by atoms with Crippen molar-refractivity contribution in [3.05, 3.63) is 64.7 Å². The lowest BCUT2D eigenvalue weighted by Crippen LogP contribution is -2.36. The number of benzene rings is 2. The zero-order chi connectivity index (χ0) is 16.9. The third-order valence-electron chi connectivity index (χ3n) is 4.74. The summed E-state index contributed by atoms with van der Waals surface area (Å²) in [5.74, 6) is 0.789. The molecule has 3 nitrogen and oxygen atoms in total. The molecule has 1 atom stereocenters. The smallest absolute Gasteiger partial charge is 0.261 e. The van der Waals surface area contributed by atoms with E-state index in [1.807, 2.05) is 37.3 Å². The quantitative estimate of drug-likeness (QED) is 0.904. The van der Waals surface area contributed by atoms with Crippen LogP contribution in [0.5, 0.6) is 5.75 Å². The van der Waals surface area contributed by atoms with E-state index in [0.717, 1.165) is 24.2 Å². The highest BCUT2D eigenvalue weighted by atomic mass is 16.5. The molecule has 24 heavy (non-hydrogen) atoms. The van der Waals surface area contributed by atoms with Gasteiger partial charge < -0.3 is 10.1 Å². The van der Waals surface area contributed by atoms with Crippen molar-refractivity contribution in [3.8, 4) is 5.75 Å². The van der Waals surface area contributed by atoms with Crippen LogP contribution in [0.1, 0.15) is 42.0 Å². The van der Waals surface area contributed by atoms with Gasteiger partial charge in [0.25, 0.3) is 5.91 Å². The Balaban J connectivity index is 1.62. The van der Waals surface area contributed by atoms with E-state index in [-0.39, 0.29) is 5.91 Å². The number of hydrogen-bond donors (Lipinski definition) is 1. The Morgan fingerprint density at radius 2 is 1.92 bits per heavy atom. The fourth-order valence-electron chi connectivity index (χ4n) is 3.24. The molecular formula is C21H25NO2. The average Bonchev–Trinajstić information content (AvgIpc) is 2.61. The van der Waals surface area contributed by atoms with Gasteiger partial charge in [0.1, 0.15) is 5.75 Å². The molecule has 0 aromatic heterocycles. The number of aryl methyl sites for hydroxylation is 2. The molecule has 0 aliphatic heterocycles. The van der Waals surface area contributed by atoms with Crippen molar-refractivity contribution in [2.45, 2.75) is 52.2 Å². The molecule has 0 fully saturated rings. The van der Waals surface area contributed by atoms with Gasteiger partial charge in [0.15, 0.2) is 6.10 Å². The van der Waals surface area contributed by atoms with Crippen molar-refractivity contribution < 1.29 is 9.53 Å². The predicted octanol–water partition coefficient (Wildman–Crippen LogP) is 3.96. The Morgan fingerprint density at radius 1 is 1.12 bits per heavy atom. The van der Waals surface area contributed by atoms with Crippen molar-refractivity contribution in [1.29, 1.82) is 0 Å². The van der Waals surface area contributed by atoms with Crippen LogP contribution in [-0.2, 0) is 24.2 Å². The van der Waals surface area contributed by atoms with Crippen molar-refractivity contribution in [1.82, 2.24) is 5.32 Å². The Hall–Kier alpha value is -2.29. The lowest BCUT2D eigenvalue weighted by Gasteiger charge is -2.22. The lowest BCUT2D eigenvalue weighted by atomic mass is 9.91. The van der Waals surface area contributed by atoms with Gasteiger partial charge >= 0.3 is 0 Å². The molecule has 1 aliphatic carbocycles. The minimum absolute atomic E-state index is 0.0772. The van der Waals surface area contributed by atoms with Crippen molar-refractivity contribution in [2.75, 3.05) is 0 Å². The van der Waals surface area contributed by atoms with Gasteiger partial charge in [0, 0.05) is 6.54 Å². The van der Waals surface area contributed by atoms with E-state index in [1.54, 1.807) is 0 Å². The zero-order valence-corrected chi connectivity index (χ0v) is 14.5. The first-order valence-corrected chi connectivity index (χ1v) is 8.75. The molecule has 0 spiro atoms. The van der Waals surface area contributed by atoms with E-state index in [1.165, 1.54) is 29.5 Å². The molecule has 0 saturated heterocycles. The Kier molecular flexibility index (Phi) is 5.19. The minimum Gasteiger partial charge on any atom is -0.481 e. The molecule has 126 valence electrons. The van der Waals surface area contributed by atoms with E-state index in [2.05, 4.69) is 24.4 Å². The fourth-order valence-corrected chi connectivity index (χ4v) is 3.24. The highest BCUT2D eigenvalue weighted by molar-refractivity contribution is 5.80. The first-order valence-electron chi connectivity index (χ1n) is 8.75. The number of fused-ring (bicyclic) bond motifs is 1. The molecule has 0 radical (unpaired) electrons. The summed E-state index contributed by atoms with van der Waals surface area (Å²) in [6.45, 7) is 4.40. The molecule has 0 saturated carbocycles. The molecule has 0 heterocycles. The monoisotopic (exact) mass is 323 g/mol. The lowest BCUT2D eigenvalue weighted by molar-refractivity contribution is -0.127. The van der Waals surface area contributed by atoms with Crippen LogP contribution >= 0.6 is 0 Å². The van der Waals surface area contributed by atoms with Gasteiger partial charge in [0.05, 0.1) is 0 Å². The summed E-state index contributed by atoms with van der Waals surface area (Å²) in [6, 6.07) is 14.3. The number of nitrogens with one attached hydrogen (secondary N) is 1. The van der Waals surface area contributed by atoms with Gasteiger partial charge in [-0.05, 0) is 67.9 Å². The van der Waals surface area contributed by atoms with E-state index in [9.17, 15) is 4.79 Å². The SMILES string of the molecule is Cc1ccccc1CNC(=O)[C@@H](C)Oc1cccc2c1CCCC2. The predicted molar refractivity (Wildman–Crippen MR) is 96.2 cm³/mol. The molecule has 3 heteroatoms. The largest absolute Gasteiger partial charge is 0.481 e. The van der Waals surface area contributed by atoms with E-state index in [4.69, 9.17) is 4.74 Å². The Bertz CT molecular complexity index is 724. The second kappa shape index (κ2) is 7.52. The van der Waals surface area contributed by atoms with Crippen LogP contribution in [0.3, 0.4) is 0 Å². The summed E-state index contributed by atoms with van der Waals surface area (Å²) in [7, 11) is 0. The van der Waals surface area contributed by atoms with Gasteiger partial charge in [-0.25, -0.2) is 0 Å². The highest BCUT2D eigenvalue weighted by Crippen LogP contribution is 2.30. The van der Waals surface area contributed by atoms with Crippen LogP contribution in [0.15, 0.2) is 42.5 Å². The van der Waals surface area contributed by atoms with Crippen LogP contribution in [0.4, 0.5) is 0 Å². The van der Waals surface area contributed by atoms with E-state index >= 15 is 0 Å². The second-order valence-corrected chi connectivity index (χ2v) is 6.51. The first-order chi connectivity index (χ1) is 11.6. The van der Waals surface area contributed by atoms with Gasteiger partial charge in [-0.2, -0.15) is 0 Å². The zero-order valence-electron chi connectivity index (χ0n) is 14.5. The van der Waals surface area contributed by atoms with Crippen LogP contribution in [0.2, 0.25) is 0 Å². The standard InChI is InChI=1S/C21H25NO2/c1-15-8-3-4-10-18(15)14-22-21(23)16(2)24-20-13-7-11-17-9-5-6-12-19(17)20/h3-4,7-8,10-11,13,16H,5-6,9,12,14H2,1-2H3,(H,22,23)/t16-/m1/s1. The maximum Gasteiger partial charge on any atom is 0.261 e. The highest BCUT2D eigenvalue weighted by Gasteiger charge is 2.19. The topological polar surface area (TPSA) is 38.3 Å². The normalized spacial score (nSPS) is 14.6. The number of ether oxygens (including phenoxy) is 1. The maximum atomic E-state index is 12.4. The maximum absolute atomic E-state index is 12.4. The Labute approximate surface area is 144 Å². The number of hydrogen-bond acceptors (Lipinski definition) is 2. The molecular weight excluding hydrogens is 298 g/mol. The van der Waals surface area contributed by atoms with Gasteiger partial charge in [-0.15, -0.1) is 0 Å². The van der Waals surface area contributed by atoms with Gasteiger partial charge in [0.2, 0.25) is 0 Å². The van der Waals surface area contributed by atoms with Gasteiger partial charge in [-0.1, -0.05) is 36.4 Å². The summed E-state index contributed by atoms with van der Waals surface area (Å²) in [6.07, 6.45) is 4.09. The number of amides is 1. The third-order valence-corrected chi connectivity index (χ3v) is 4.74. The molecule has 1 N–H and O–H groups in total. The first kappa shape index (κ1) is 16.6. The summed E-state index contributed by atoms with van der Waals surface area (Å²) in [5.41, 5.74) is 4.97.